The fourth-order valence-corrected chi connectivity index (χ4v) is 3.17. The second-order valence-corrected chi connectivity index (χ2v) is 5.95. The van der Waals surface area contributed by atoms with Crippen molar-refractivity contribution < 1.29 is 9.53 Å². The third-order valence-corrected chi connectivity index (χ3v) is 4.52. The number of nitrogens with zero attached hydrogens (tertiary/aromatic N) is 3. The highest BCUT2D eigenvalue weighted by molar-refractivity contribution is 7.16. The van der Waals surface area contributed by atoms with Crippen molar-refractivity contribution in [2.45, 2.75) is 26.0 Å². The number of morpholine rings is 1. The van der Waals surface area contributed by atoms with Crippen molar-refractivity contribution in [1.82, 2.24) is 14.5 Å². The predicted molar refractivity (Wildman–Crippen MR) is 80.5 cm³/mol. The van der Waals surface area contributed by atoms with Crippen molar-refractivity contribution in [3.63, 3.8) is 0 Å². The summed E-state index contributed by atoms with van der Waals surface area (Å²) in [7, 11) is 0. The lowest BCUT2D eigenvalue weighted by atomic mass is 10.2. The van der Waals surface area contributed by atoms with Crippen LogP contribution in [0.5, 0.6) is 0 Å². The number of carbonyl (C=O) groups is 1. The standard InChI is InChI=1S/C14H17N3O3S/c1-2-10-7-16(4-5-20-10)12(18)8-17-9-15-13-11(14(17)19)3-6-21-13/h3,6,9-10H,2,4-5,7-8H2,1H3/t10-/m0/s1. The summed E-state index contributed by atoms with van der Waals surface area (Å²) in [6.45, 7) is 3.81. The molecular formula is C14H17N3O3S. The third kappa shape index (κ3) is 2.84. The van der Waals surface area contributed by atoms with Gasteiger partial charge in [0.1, 0.15) is 11.4 Å². The van der Waals surface area contributed by atoms with Gasteiger partial charge in [0, 0.05) is 13.1 Å². The van der Waals surface area contributed by atoms with Crippen LogP contribution in [0.3, 0.4) is 0 Å². The van der Waals surface area contributed by atoms with Crippen LogP contribution < -0.4 is 5.56 Å². The van der Waals surface area contributed by atoms with Gasteiger partial charge >= 0.3 is 0 Å². The number of hydrogen-bond donors (Lipinski definition) is 0. The van der Waals surface area contributed by atoms with E-state index in [0.29, 0.717) is 29.9 Å². The first-order chi connectivity index (χ1) is 10.2. The summed E-state index contributed by atoms with van der Waals surface area (Å²) in [4.78, 5) is 31.3. The summed E-state index contributed by atoms with van der Waals surface area (Å²) in [5.41, 5.74) is -0.157. The Bertz CT molecular complexity index is 709. The summed E-state index contributed by atoms with van der Waals surface area (Å²) in [5, 5.41) is 2.41. The summed E-state index contributed by atoms with van der Waals surface area (Å²) in [6, 6.07) is 1.75. The molecule has 3 rings (SSSR count). The molecule has 1 amide bonds. The molecule has 2 aromatic rings. The zero-order valence-electron chi connectivity index (χ0n) is 11.8. The van der Waals surface area contributed by atoms with Crippen molar-refractivity contribution in [2.24, 2.45) is 0 Å². The highest BCUT2D eigenvalue weighted by Gasteiger charge is 2.23. The first kappa shape index (κ1) is 14.2. The van der Waals surface area contributed by atoms with E-state index in [1.54, 1.807) is 11.0 Å². The molecule has 0 radical (unpaired) electrons. The van der Waals surface area contributed by atoms with Crippen LogP contribution in [-0.4, -0.2) is 46.2 Å². The Hall–Kier alpha value is -1.73. The van der Waals surface area contributed by atoms with Crippen LogP contribution in [0.1, 0.15) is 13.3 Å². The number of thiophene rings is 1. The van der Waals surface area contributed by atoms with Crippen molar-refractivity contribution in [2.75, 3.05) is 19.7 Å². The molecule has 0 N–H and O–H groups in total. The number of hydrogen-bond acceptors (Lipinski definition) is 5. The normalized spacial score (nSPS) is 19.1. The van der Waals surface area contributed by atoms with E-state index >= 15 is 0 Å². The summed E-state index contributed by atoms with van der Waals surface area (Å²) < 4.78 is 6.94. The minimum absolute atomic E-state index is 0.0358. The van der Waals surface area contributed by atoms with Gasteiger partial charge in [-0.15, -0.1) is 11.3 Å². The smallest absolute Gasteiger partial charge is 0.262 e. The molecular weight excluding hydrogens is 290 g/mol. The number of amides is 1. The number of ether oxygens (including phenoxy) is 1. The van der Waals surface area contributed by atoms with E-state index in [1.807, 2.05) is 12.3 Å². The highest BCUT2D eigenvalue weighted by Crippen LogP contribution is 2.13. The van der Waals surface area contributed by atoms with Gasteiger partial charge in [0.25, 0.3) is 5.56 Å². The van der Waals surface area contributed by atoms with Crippen LogP contribution in [0, 0.1) is 0 Å². The molecule has 7 heteroatoms. The molecule has 21 heavy (non-hydrogen) atoms. The van der Waals surface area contributed by atoms with Crippen LogP contribution in [-0.2, 0) is 16.1 Å². The maximum absolute atomic E-state index is 12.3. The van der Waals surface area contributed by atoms with Gasteiger partial charge in [-0.2, -0.15) is 0 Å². The molecule has 1 aliphatic rings. The van der Waals surface area contributed by atoms with Gasteiger partial charge in [-0.1, -0.05) is 6.92 Å². The van der Waals surface area contributed by atoms with Gasteiger partial charge in [0.15, 0.2) is 0 Å². The van der Waals surface area contributed by atoms with Crippen LogP contribution >= 0.6 is 11.3 Å². The summed E-state index contributed by atoms with van der Waals surface area (Å²) >= 11 is 1.42. The summed E-state index contributed by atoms with van der Waals surface area (Å²) in [5.74, 6) is -0.0600. The molecule has 1 atom stereocenters. The van der Waals surface area contributed by atoms with Crippen molar-refractivity contribution in [1.29, 1.82) is 0 Å². The van der Waals surface area contributed by atoms with Crippen LogP contribution in [0.4, 0.5) is 0 Å². The Labute approximate surface area is 126 Å². The number of aromatic nitrogens is 2. The van der Waals surface area contributed by atoms with E-state index in [4.69, 9.17) is 4.74 Å². The molecule has 0 spiro atoms. The fourth-order valence-electron chi connectivity index (χ4n) is 2.44. The maximum atomic E-state index is 12.3. The first-order valence-electron chi connectivity index (χ1n) is 7.01. The van der Waals surface area contributed by atoms with E-state index in [-0.39, 0.29) is 24.1 Å². The molecule has 0 aliphatic carbocycles. The average molecular weight is 307 g/mol. The van der Waals surface area contributed by atoms with E-state index < -0.39 is 0 Å². The van der Waals surface area contributed by atoms with E-state index in [1.165, 1.54) is 22.2 Å². The fraction of sp³-hybridized carbons (Fsp3) is 0.500. The highest BCUT2D eigenvalue weighted by atomic mass is 32.1. The second-order valence-electron chi connectivity index (χ2n) is 5.06. The van der Waals surface area contributed by atoms with Gasteiger partial charge in [-0.25, -0.2) is 4.98 Å². The first-order valence-corrected chi connectivity index (χ1v) is 7.89. The molecule has 6 nitrogen and oxygen atoms in total. The average Bonchev–Trinajstić information content (AvgIpc) is 2.99. The Morgan fingerprint density at radius 3 is 3.24 bits per heavy atom. The van der Waals surface area contributed by atoms with Crippen LogP contribution in [0.25, 0.3) is 10.2 Å². The molecule has 3 heterocycles. The lowest BCUT2D eigenvalue weighted by molar-refractivity contribution is -0.139. The van der Waals surface area contributed by atoms with Gasteiger partial charge in [-0.05, 0) is 17.9 Å². The minimum atomic E-state index is -0.157. The third-order valence-electron chi connectivity index (χ3n) is 3.70. The second kappa shape index (κ2) is 5.95. The van der Waals surface area contributed by atoms with Crippen LogP contribution in [0.15, 0.2) is 22.6 Å². The number of rotatable bonds is 3. The van der Waals surface area contributed by atoms with E-state index in [2.05, 4.69) is 4.98 Å². The SMILES string of the molecule is CC[C@H]1CN(C(=O)Cn2cnc3sccc3c2=O)CCO1. The van der Waals surface area contributed by atoms with Crippen molar-refractivity contribution >= 4 is 27.5 Å². The van der Waals surface area contributed by atoms with Crippen molar-refractivity contribution in [3.05, 3.63) is 28.1 Å². The monoisotopic (exact) mass is 307 g/mol. The molecule has 0 saturated carbocycles. The largest absolute Gasteiger partial charge is 0.375 e. The summed E-state index contributed by atoms with van der Waals surface area (Å²) in [6.07, 6.45) is 2.43. The number of fused-ring (bicyclic) bond motifs is 1. The molecule has 1 fully saturated rings. The molecule has 1 saturated heterocycles. The van der Waals surface area contributed by atoms with Gasteiger partial charge < -0.3 is 9.64 Å². The Morgan fingerprint density at radius 1 is 1.57 bits per heavy atom. The quantitative estimate of drug-likeness (QED) is 0.851. The number of carbonyl (C=O) groups excluding carboxylic acids is 1. The molecule has 0 bridgehead atoms. The Morgan fingerprint density at radius 2 is 2.43 bits per heavy atom. The zero-order valence-corrected chi connectivity index (χ0v) is 12.6. The molecule has 0 aromatic carbocycles. The van der Waals surface area contributed by atoms with Crippen molar-refractivity contribution in [3.8, 4) is 0 Å². The van der Waals surface area contributed by atoms with Gasteiger partial charge in [0.05, 0.1) is 24.4 Å². The Balaban J connectivity index is 1.77. The lowest BCUT2D eigenvalue weighted by Crippen LogP contribution is -2.47. The van der Waals surface area contributed by atoms with Crippen LogP contribution in [0.2, 0.25) is 0 Å². The van der Waals surface area contributed by atoms with E-state index in [9.17, 15) is 9.59 Å². The molecule has 0 unspecified atom stereocenters. The predicted octanol–water partition coefficient (Wildman–Crippen LogP) is 1.10. The maximum Gasteiger partial charge on any atom is 0.262 e. The van der Waals surface area contributed by atoms with Gasteiger partial charge in [0.2, 0.25) is 5.91 Å². The molecule has 112 valence electrons. The Kier molecular flexibility index (Phi) is 4.03. The van der Waals surface area contributed by atoms with E-state index in [0.717, 1.165) is 6.42 Å². The minimum Gasteiger partial charge on any atom is -0.375 e. The zero-order chi connectivity index (χ0) is 14.8. The molecule has 2 aromatic heterocycles. The van der Waals surface area contributed by atoms with Gasteiger partial charge in [-0.3, -0.25) is 14.2 Å². The topological polar surface area (TPSA) is 64.4 Å². The lowest BCUT2D eigenvalue weighted by Gasteiger charge is -2.32. The molecule has 1 aliphatic heterocycles.